The minimum absolute atomic E-state index is 0.256. The van der Waals surface area contributed by atoms with Crippen LogP contribution in [0.25, 0.3) is 0 Å². The van der Waals surface area contributed by atoms with Gasteiger partial charge in [-0.15, -0.1) is 0 Å². The number of anilines is 3. The molecule has 0 fully saturated rings. The summed E-state index contributed by atoms with van der Waals surface area (Å²) < 4.78 is 5.23. The minimum atomic E-state index is -0.350. The molecular formula is C24H22N2O3S. The molecule has 0 aromatic heterocycles. The van der Waals surface area contributed by atoms with E-state index in [4.69, 9.17) is 4.74 Å². The summed E-state index contributed by atoms with van der Waals surface area (Å²) in [5.41, 5.74) is 2.76. The number of carbonyl (C=O) groups is 2. The van der Waals surface area contributed by atoms with Crippen molar-refractivity contribution < 1.29 is 14.3 Å². The van der Waals surface area contributed by atoms with Gasteiger partial charge in [-0.1, -0.05) is 49.4 Å². The van der Waals surface area contributed by atoms with Crippen molar-refractivity contribution in [1.82, 2.24) is 0 Å². The lowest BCUT2D eigenvalue weighted by Gasteiger charge is -2.31. The van der Waals surface area contributed by atoms with Gasteiger partial charge in [-0.25, -0.2) is 9.59 Å². The lowest BCUT2D eigenvalue weighted by atomic mass is 10.2. The third-order valence-electron chi connectivity index (χ3n) is 4.74. The summed E-state index contributed by atoms with van der Waals surface area (Å²) in [5.74, 6) is -0.350. The van der Waals surface area contributed by atoms with E-state index in [0.29, 0.717) is 17.9 Å². The number of ether oxygens (including phenoxy) is 1. The molecule has 0 saturated carbocycles. The number of nitrogens with one attached hydrogen (secondary N) is 1. The number of esters is 1. The first-order valence-electron chi connectivity index (χ1n) is 9.91. The van der Waals surface area contributed by atoms with Crippen LogP contribution in [0.5, 0.6) is 0 Å². The van der Waals surface area contributed by atoms with Crippen LogP contribution in [-0.2, 0) is 4.74 Å². The van der Waals surface area contributed by atoms with Crippen LogP contribution in [0.2, 0.25) is 0 Å². The molecule has 5 nitrogen and oxygen atoms in total. The summed E-state index contributed by atoms with van der Waals surface area (Å²) >= 11 is 1.65. The zero-order valence-corrected chi connectivity index (χ0v) is 17.4. The van der Waals surface area contributed by atoms with Crippen LogP contribution in [-0.4, -0.2) is 18.6 Å². The highest BCUT2D eigenvalue weighted by molar-refractivity contribution is 7.99. The highest BCUT2D eigenvalue weighted by Gasteiger charge is 2.27. The van der Waals surface area contributed by atoms with Crippen LogP contribution in [0.4, 0.5) is 21.9 Å². The van der Waals surface area contributed by atoms with Gasteiger partial charge in [-0.05, 0) is 55.0 Å². The molecule has 3 aromatic rings. The molecule has 1 N–H and O–H groups in total. The fourth-order valence-electron chi connectivity index (χ4n) is 3.18. The minimum Gasteiger partial charge on any atom is -0.462 e. The van der Waals surface area contributed by atoms with E-state index in [2.05, 4.69) is 5.32 Å². The van der Waals surface area contributed by atoms with Crippen molar-refractivity contribution in [3.8, 4) is 0 Å². The fourth-order valence-corrected chi connectivity index (χ4v) is 4.24. The predicted octanol–water partition coefficient (Wildman–Crippen LogP) is 6.48. The largest absolute Gasteiger partial charge is 0.462 e. The highest BCUT2D eigenvalue weighted by Crippen LogP contribution is 2.47. The zero-order chi connectivity index (χ0) is 20.9. The summed E-state index contributed by atoms with van der Waals surface area (Å²) in [7, 11) is 0. The van der Waals surface area contributed by atoms with Crippen molar-refractivity contribution in [3.63, 3.8) is 0 Å². The van der Waals surface area contributed by atoms with Gasteiger partial charge in [0.05, 0.1) is 23.5 Å². The molecule has 2 amide bonds. The standard InChI is InChI=1S/C24H22N2O3S/c1-2-3-16-29-23(27)17-12-14-18(15-13-17)25-24(28)26-19-8-4-6-10-21(19)30-22-11-7-5-9-20(22)26/h4-15H,2-3,16H2,1H3,(H,25,28). The molecule has 1 aliphatic rings. The number of rotatable bonds is 5. The first-order valence-corrected chi connectivity index (χ1v) is 10.7. The summed E-state index contributed by atoms with van der Waals surface area (Å²) in [6.07, 6.45) is 1.82. The Kier molecular flexibility index (Phi) is 6.05. The van der Waals surface area contributed by atoms with E-state index in [0.717, 1.165) is 34.0 Å². The maximum atomic E-state index is 13.2. The second kappa shape index (κ2) is 9.05. The third-order valence-corrected chi connectivity index (χ3v) is 5.87. The molecule has 3 aromatic carbocycles. The van der Waals surface area contributed by atoms with Gasteiger partial charge in [-0.3, -0.25) is 4.90 Å². The summed E-state index contributed by atoms with van der Waals surface area (Å²) in [6, 6.07) is 22.2. The maximum absolute atomic E-state index is 13.2. The monoisotopic (exact) mass is 418 g/mol. The molecule has 1 heterocycles. The first-order chi connectivity index (χ1) is 14.7. The number of urea groups is 1. The van der Waals surface area contributed by atoms with Crippen molar-refractivity contribution in [2.45, 2.75) is 29.6 Å². The van der Waals surface area contributed by atoms with Crippen molar-refractivity contribution in [1.29, 1.82) is 0 Å². The topological polar surface area (TPSA) is 58.6 Å². The van der Waals surface area contributed by atoms with Gasteiger partial charge < -0.3 is 10.1 Å². The Bertz CT molecular complexity index is 1020. The molecular weight excluding hydrogens is 396 g/mol. The molecule has 0 radical (unpaired) electrons. The molecule has 0 spiro atoms. The van der Waals surface area contributed by atoms with Gasteiger partial charge in [0, 0.05) is 15.5 Å². The molecule has 30 heavy (non-hydrogen) atoms. The van der Waals surface area contributed by atoms with E-state index in [-0.39, 0.29) is 12.0 Å². The molecule has 1 aliphatic heterocycles. The second-order valence-corrected chi connectivity index (χ2v) is 7.95. The number of unbranched alkanes of at least 4 members (excludes halogenated alkanes) is 1. The summed E-state index contributed by atoms with van der Waals surface area (Å²) in [4.78, 5) is 29.0. The molecule has 6 heteroatoms. The summed E-state index contributed by atoms with van der Waals surface area (Å²) in [6.45, 7) is 2.46. The zero-order valence-electron chi connectivity index (χ0n) is 16.6. The third kappa shape index (κ3) is 4.19. The predicted molar refractivity (Wildman–Crippen MR) is 120 cm³/mol. The Hall–Kier alpha value is -3.25. The van der Waals surface area contributed by atoms with Crippen LogP contribution in [0.15, 0.2) is 82.6 Å². The summed E-state index contributed by atoms with van der Waals surface area (Å²) in [5, 5.41) is 2.94. The number of nitrogens with zero attached hydrogens (tertiary/aromatic N) is 1. The Morgan fingerprint density at radius 2 is 1.50 bits per heavy atom. The maximum Gasteiger partial charge on any atom is 0.338 e. The Morgan fingerprint density at radius 3 is 2.10 bits per heavy atom. The van der Waals surface area contributed by atoms with Gasteiger partial charge in [0.2, 0.25) is 0 Å². The SMILES string of the molecule is CCCCOC(=O)c1ccc(NC(=O)N2c3ccccc3Sc3ccccc32)cc1. The van der Waals surface area contributed by atoms with Crippen LogP contribution in [0, 0.1) is 0 Å². The van der Waals surface area contributed by atoms with Gasteiger partial charge in [0.25, 0.3) is 0 Å². The van der Waals surface area contributed by atoms with Crippen molar-refractivity contribution in [2.24, 2.45) is 0 Å². The number of carbonyl (C=O) groups excluding carboxylic acids is 2. The second-order valence-electron chi connectivity index (χ2n) is 6.87. The highest BCUT2D eigenvalue weighted by atomic mass is 32.2. The number of hydrogen-bond donors (Lipinski definition) is 1. The quantitative estimate of drug-likeness (QED) is 0.381. The molecule has 0 unspecified atom stereocenters. The number of hydrogen-bond acceptors (Lipinski definition) is 4. The molecule has 0 aliphatic carbocycles. The van der Waals surface area contributed by atoms with Gasteiger partial charge in [0.15, 0.2) is 0 Å². The molecule has 0 saturated heterocycles. The Morgan fingerprint density at radius 1 is 0.900 bits per heavy atom. The van der Waals surface area contributed by atoms with Crippen LogP contribution in [0.1, 0.15) is 30.1 Å². The lowest BCUT2D eigenvalue weighted by molar-refractivity contribution is 0.0500. The number of fused-ring (bicyclic) bond motifs is 2. The fraction of sp³-hybridized carbons (Fsp3) is 0.167. The normalized spacial score (nSPS) is 12.0. The van der Waals surface area contributed by atoms with E-state index < -0.39 is 0 Å². The molecule has 152 valence electrons. The first kappa shape index (κ1) is 20.0. The molecule has 0 atom stereocenters. The van der Waals surface area contributed by atoms with Crippen LogP contribution in [0.3, 0.4) is 0 Å². The van der Waals surface area contributed by atoms with E-state index in [9.17, 15) is 9.59 Å². The average molecular weight is 419 g/mol. The van der Waals surface area contributed by atoms with E-state index in [1.54, 1.807) is 40.9 Å². The number of amides is 2. The van der Waals surface area contributed by atoms with Crippen molar-refractivity contribution in [2.75, 3.05) is 16.8 Å². The van der Waals surface area contributed by atoms with Crippen LogP contribution < -0.4 is 10.2 Å². The van der Waals surface area contributed by atoms with E-state index in [1.807, 2.05) is 55.5 Å². The Balaban J connectivity index is 1.53. The molecule has 4 rings (SSSR count). The van der Waals surface area contributed by atoms with Gasteiger partial charge >= 0.3 is 12.0 Å². The van der Waals surface area contributed by atoms with Gasteiger partial charge in [-0.2, -0.15) is 0 Å². The molecule has 0 bridgehead atoms. The lowest BCUT2D eigenvalue weighted by Crippen LogP contribution is -2.32. The van der Waals surface area contributed by atoms with E-state index >= 15 is 0 Å². The Labute approximate surface area is 180 Å². The van der Waals surface area contributed by atoms with Crippen molar-refractivity contribution in [3.05, 3.63) is 78.4 Å². The van der Waals surface area contributed by atoms with Crippen LogP contribution >= 0.6 is 11.8 Å². The number of para-hydroxylation sites is 2. The number of benzene rings is 3. The smallest absolute Gasteiger partial charge is 0.338 e. The van der Waals surface area contributed by atoms with Gasteiger partial charge in [0.1, 0.15) is 0 Å². The average Bonchev–Trinajstić information content (AvgIpc) is 2.78. The van der Waals surface area contributed by atoms with E-state index in [1.165, 1.54) is 0 Å². The van der Waals surface area contributed by atoms with Crippen molar-refractivity contribution >= 4 is 40.8 Å².